The van der Waals surface area contributed by atoms with Gasteiger partial charge in [0.1, 0.15) is 6.61 Å². The van der Waals surface area contributed by atoms with Crippen molar-refractivity contribution >= 4 is 5.97 Å². The fourth-order valence-electron chi connectivity index (χ4n) is 8.52. The average Bonchev–Trinajstić information content (AvgIpc) is 3.21. The van der Waals surface area contributed by atoms with Crippen molar-refractivity contribution in [1.29, 1.82) is 0 Å². The monoisotopic (exact) mass is 406 g/mol. The molecule has 4 fully saturated rings. The second-order valence-corrected chi connectivity index (χ2v) is 10.8. The number of hydrogen-bond donors (Lipinski definition) is 4. The third-order valence-electron chi connectivity index (χ3n) is 10.1. The molecule has 4 N–H and O–H groups in total. The number of fused-ring (bicyclic) bond motifs is 5. The first kappa shape index (κ1) is 20.0. The van der Waals surface area contributed by atoms with Crippen molar-refractivity contribution in [3.63, 3.8) is 0 Å². The first-order valence-electron chi connectivity index (χ1n) is 11.3. The van der Waals surface area contributed by atoms with Crippen molar-refractivity contribution in [3.8, 4) is 0 Å². The molecule has 0 spiro atoms. The standard InChI is InChI=1S/C23H34O6/c1-20-6-3-17-18(4-8-22(27)11-15(25)2-7-21(17,22)13-24)23(20,28)9-5-16(20)14-10-19(26)29-12-14/h10,15-18,24-25,27-28H,2-9,11-13H2,1H3/t15-,16-,17-,18+,20+,21-,22-,23-/m0/s1. The number of cyclic esters (lactones) is 1. The zero-order chi connectivity index (χ0) is 20.7. The van der Waals surface area contributed by atoms with E-state index in [2.05, 4.69) is 6.92 Å². The molecule has 0 bridgehead atoms. The van der Waals surface area contributed by atoms with E-state index in [0.717, 1.165) is 24.8 Å². The Kier molecular flexibility index (Phi) is 4.33. The summed E-state index contributed by atoms with van der Waals surface area (Å²) in [7, 11) is 0. The zero-order valence-electron chi connectivity index (χ0n) is 17.3. The van der Waals surface area contributed by atoms with E-state index in [-0.39, 0.29) is 35.7 Å². The van der Waals surface area contributed by atoms with Gasteiger partial charge in [-0.15, -0.1) is 0 Å². The molecule has 5 aliphatic rings. The van der Waals surface area contributed by atoms with Crippen LogP contribution in [0, 0.1) is 28.6 Å². The molecule has 0 radical (unpaired) electrons. The summed E-state index contributed by atoms with van der Waals surface area (Å²) in [5.41, 5.74) is -1.88. The molecule has 29 heavy (non-hydrogen) atoms. The molecule has 6 heteroatoms. The van der Waals surface area contributed by atoms with E-state index in [9.17, 15) is 25.2 Å². The minimum Gasteiger partial charge on any atom is -0.458 e. The molecule has 1 aliphatic heterocycles. The summed E-state index contributed by atoms with van der Waals surface area (Å²) in [5, 5.41) is 44.4. The van der Waals surface area contributed by atoms with Crippen molar-refractivity contribution in [2.75, 3.05) is 13.2 Å². The highest BCUT2D eigenvalue weighted by Gasteiger charge is 2.71. The summed E-state index contributed by atoms with van der Waals surface area (Å²) in [6, 6.07) is 0. The molecule has 0 aromatic rings. The average molecular weight is 407 g/mol. The normalized spacial score (nSPS) is 54.2. The highest BCUT2D eigenvalue weighted by molar-refractivity contribution is 5.85. The smallest absolute Gasteiger partial charge is 0.331 e. The Balaban J connectivity index is 1.51. The molecule has 5 rings (SSSR count). The Bertz CT molecular complexity index is 750. The maximum atomic E-state index is 12.1. The van der Waals surface area contributed by atoms with E-state index in [0.29, 0.717) is 45.1 Å². The van der Waals surface area contributed by atoms with Crippen LogP contribution in [0.15, 0.2) is 11.6 Å². The largest absolute Gasteiger partial charge is 0.458 e. The van der Waals surface area contributed by atoms with Crippen LogP contribution in [0.25, 0.3) is 0 Å². The fraction of sp³-hybridized carbons (Fsp3) is 0.870. The Morgan fingerprint density at radius 3 is 2.52 bits per heavy atom. The van der Waals surface area contributed by atoms with Crippen LogP contribution in [-0.4, -0.2) is 56.9 Å². The predicted octanol–water partition coefficient (Wildman–Crippen LogP) is 1.69. The van der Waals surface area contributed by atoms with Crippen LogP contribution in [0.4, 0.5) is 0 Å². The second kappa shape index (κ2) is 6.28. The van der Waals surface area contributed by atoms with Gasteiger partial charge < -0.3 is 25.2 Å². The number of hydrogen-bond acceptors (Lipinski definition) is 6. The topological polar surface area (TPSA) is 107 Å². The number of aliphatic hydroxyl groups is 4. The summed E-state index contributed by atoms with van der Waals surface area (Å²) < 4.78 is 5.17. The molecule has 162 valence electrons. The molecule has 0 amide bonds. The lowest BCUT2D eigenvalue weighted by molar-refractivity contribution is -0.269. The van der Waals surface area contributed by atoms with E-state index in [1.54, 1.807) is 6.08 Å². The first-order valence-corrected chi connectivity index (χ1v) is 11.3. The second-order valence-electron chi connectivity index (χ2n) is 10.8. The number of aliphatic hydroxyl groups excluding tert-OH is 2. The summed E-state index contributed by atoms with van der Waals surface area (Å²) >= 11 is 0. The summed E-state index contributed by atoms with van der Waals surface area (Å²) in [6.07, 6.45) is 7.02. The van der Waals surface area contributed by atoms with Gasteiger partial charge in [-0.1, -0.05) is 6.92 Å². The lowest BCUT2D eigenvalue weighted by Crippen LogP contribution is -2.69. The molecule has 4 saturated carbocycles. The maximum absolute atomic E-state index is 12.1. The van der Waals surface area contributed by atoms with Gasteiger partial charge in [0.2, 0.25) is 0 Å². The number of ether oxygens (including phenoxy) is 1. The molecule has 6 nitrogen and oxygen atoms in total. The van der Waals surface area contributed by atoms with Gasteiger partial charge in [0.25, 0.3) is 0 Å². The molecule has 4 aliphatic carbocycles. The Morgan fingerprint density at radius 1 is 1.07 bits per heavy atom. The van der Waals surface area contributed by atoms with Crippen molar-refractivity contribution in [1.82, 2.24) is 0 Å². The van der Waals surface area contributed by atoms with Crippen LogP contribution >= 0.6 is 0 Å². The zero-order valence-corrected chi connectivity index (χ0v) is 17.3. The van der Waals surface area contributed by atoms with Gasteiger partial charge in [-0.25, -0.2) is 4.79 Å². The van der Waals surface area contributed by atoms with Gasteiger partial charge in [0.05, 0.1) is 23.9 Å². The number of carbonyl (C=O) groups excluding carboxylic acids is 1. The van der Waals surface area contributed by atoms with Gasteiger partial charge in [0, 0.05) is 23.3 Å². The highest BCUT2D eigenvalue weighted by Crippen LogP contribution is 2.70. The minimum atomic E-state index is -1.06. The van der Waals surface area contributed by atoms with Gasteiger partial charge in [-0.3, -0.25) is 0 Å². The highest BCUT2D eigenvalue weighted by atomic mass is 16.5. The van der Waals surface area contributed by atoms with Crippen LogP contribution in [0.3, 0.4) is 0 Å². The van der Waals surface area contributed by atoms with Crippen LogP contribution in [-0.2, 0) is 9.53 Å². The molecule has 0 saturated heterocycles. The molecule has 8 atom stereocenters. The molecule has 0 aromatic carbocycles. The van der Waals surface area contributed by atoms with Crippen LogP contribution in [0.5, 0.6) is 0 Å². The van der Waals surface area contributed by atoms with Gasteiger partial charge in [-0.05, 0) is 74.7 Å². The van der Waals surface area contributed by atoms with Crippen molar-refractivity contribution < 1.29 is 30.0 Å². The van der Waals surface area contributed by atoms with Crippen molar-refractivity contribution in [2.45, 2.75) is 82.0 Å². The van der Waals surface area contributed by atoms with Crippen LogP contribution in [0.2, 0.25) is 0 Å². The van der Waals surface area contributed by atoms with E-state index < -0.39 is 22.7 Å². The number of esters is 1. The molecule has 1 heterocycles. The van der Waals surface area contributed by atoms with Crippen LogP contribution < -0.4 is 0 Å². The molecule has 0 aromatic heterocycles. The minimum absolute atomic E-state index is 0.0209. The van der Waals surface area contributed by atoms with Gasteiger partial charge in [-0.2, -0.15) is 0 Å². The summed E-state index contributed by atoms with van der Waals surface area (Å²) in [5.74, 6) is -0.0760. The summed E-state index contributed by atoms with van der Waals surface area (Å²) in [4.78, 5) is 11.6. The predicted molar refractivity (Wildman–Crippen MR) is 105 cm³/mol. The Morgan fingerprint density at radius 2 is 1.83 bits per heavy atom. The molecular weight excluding hydrogens is 372 g/mol. The van der Waals surface area contributed by atoms with E-state index >= 15 is 0 Å². The Hall–Kier alpha value is -0.950. The third kappa shape index (κ3) is 2.40. The Labute approximate surface area is 172 Å². The van der Waals surface area contributed by atoms with Crippen molar-refractivity contribution in [2.24, 2.45) is 28.6 Å². The fourth-order valence-corrected chi connectivity index (χ4v) is 8.52. The summed E-state index contributed by atoms with van der Waals surface area (Å²) in [6.45, 7) is 2.41. The van der Waals surface area contributed by atoms with E-state index in [1.807, 2.05) is 0 Å². The maximum Gasteiger partial charge on any atom is 0.331 e. The molecular formula is C23H34O6. The number of rotatable bonds is 2. The SMILES string of the molecule is C[C@]12CC[C@H]3[C@@H](CC[C@]4(O)C[C@@H](O)CC[C@]34CO)[C@@]1(O)CC[C@H]2C1=CC(=O)OC1. The molecule has 0 unspecified atom stereocenters. The third-order valence-corrected chi connectivity index (χ3v) is 10.1. The van der Waals surface area contributed by atoms with Crippen LogP contribution in [0.1, 0.15) is 64.7 Å². The first-order chi connectivity index (χ1) is 13.7. The van der Waals surface area contributed by atoms with E-state index in [4.69, 9.17) is 4.74 Å². The number of carbonyl (C=O) groups is 1. The lowest BCUT2D eigenvalue weighted by atomic mass is 9.41. The van der Waals surface area contributed by atoms with E-state index in [1.165, 1.54) is 0 Å². The van der Waals surface area contributed by atoms with Gasteiger partial charge in [0.15, 0.2) is 0 Å². The quantitative estimate of drug-likeness (QED) is 0.520. The van der Waals surface area contributed by atoms with Crippen molar-refractivity contribution in [3.05, 3.63) is 11.6 Å². The lowest BCUT2D eigenvalue weighted by Gasteiger charge is -2.66. The van der Waals surface area contributed by atoms with Gasteiger partial charge >= 0.3 is 5.97 Å².